The molecular formula is C10H15N3O2. The van der Waals surface area contributed by atoms with Crippen molar-refractivity contribution in [2.24, 2.45) is 5.84 Å². The molecule has 5 heteroatoms. The van der Waals surface area contributed by atoms with Crippen molar-refractivity contribution in [1.82, 2.24) is 0 Å². The zero-order valence-electron chi connectivity index (χ0n) is 8.60. The van der Waals surface area contributed by atoms with E-state index in [9.17, 15) is 4.79 Å². The number of benzene rings is 1. The van der Waals surface area contributed by atoms with Gasteiger partial charge in [0.15, 0.2) is 0 Å². The van der Waals surface area contributed by atoms with Crippen molar-refractivity contribution >= 4 is 17.3 Å². The smallest absolute Gasteiger partial charge is 0.335 e. The van der Waals surface area contributed by atoms with Crippen LogP contribution in [0.25, 0.3) is 0 Å². The van der Waals surface area contributed by atoms with E-state index in [1.54, 1.807) is 6.07 Å². The Bertz CT molecular complexity index is 366. The van der Waals surface area contributed by atoms with E-state index in [1.165, 1.54) is 17.1 Å². The molecule has 0 saturated heterocycles. The third-order valence-electron chi connectivity index (χ3n) is 1.98. The highest BCUT2D eigenvalue weighted by Crippen LogP contribution is 2.19. The fourth-order valence-corrected chi connectivity index (χ4v) is 1.29. The highest BCUT2D eigenvalue weighted by atomic mass is 16.4. The number of rotatable bonds is 4. The first-order valence-corrected chi connectivity index (χ1v) is 4.70. The van der Waals surface area contributed by atoms with Crippen LogP contribution in [0.1, 0.15) is 23.7 Å². The molecule has 5 N–H and O–H groups in total. The van der Waals surface area contributed by atoms with Crippen molar-refractivity contribution < 1.29 is 9.90 Å². The SMILES string of the molecule is CCCN(N)c1cc(N)cc(C(=O)O)c1. The Morgan fingerprint density at radius 1 is 1.47 bits per heavy atom. The van der Waals surface area contributed by atoms with E-state index in [0.29, 0.717) is 17.9 Å². The van der Waals surface area contributed by atoms with Gasteiger partial charge in [-0.15, -0.1) is 0 Å². The number of aromatic carboxylic acids is 1. The van der Waals surface area contributed by atoms with Crippen LogP contribution in [0.5, 0.6) is 0 Å². The first kappa shape index (κ1) is 11.3. The summed E-state index contributed by atoms with van der Waals surface area (Å²) in [5.41, 5.74) is 6.75. The number of nitrogens with zero attached hydrogens (tertiary/aromatic N) is 1. The lowest BCUT2D eigenvalue weighted by Gasteiger charge is -2.18. The van der Waals surface area contributed by atoms with Crippen molar-refractivity contribution in [2.45, 2.75) is 13.3 Å². The van der Waals surface area contributed by atoms with Crippen LogP contribution in [0.4, 0.5) is 11.4 Å². The predicted octanol–water partition coefficient (Wildman–Crippen LogP) is 1.06. The number of hydrogen-bond acceptors (Lipinski definition) is 4. The third kappa shape index (κ3) is 2.85. The predicted molar refractivity (Wildman–Crippen MR) is 59.6 cm³/mol. The van der Waals surface area contributed by atoms with Crippen molar-refractivity contribution in [3.05, 3.63) is 23.8 Å². The van der Waals surface area contributed by atoms with E-state index in [-0.39, 0.29) is 5.56 Å². The molecule has 0 unspecified atom stereocenters. The van der Waals surface area contributed by atoms with Crippen LogP contribution in [0.2, 0.25) is 0 Å². The van der Waals surface area contributed by atoms with Gasteiger partial charge in [-0.05, 0) is 24.6 Å². The molecule has 0 amide bonds. The summed E-state index contributed by atoms with van der Waals surface area (Å²) in [6.07, 6.45) is 0.883. The number of carbonyl (C=O) groups is 1. The highest BCUT2D eigenvalue weighted by molar-refractivity contribution is 5.90. The summed E-state index contributed by atoms with van der Waals surface area (Å²) in [5.74, 6) is 4.72. The summed E-state index contributed by atoms with van der Waals surface area (Å²) in [5, 5.41) is 10.3. The maximum atomic E-state index is 10.8. The lowest BCUT2D eigenvalue weighted by Crippen LogP contribution is -2.31. The molecule has 0 fully saturated rings. The number of hydrazine groups is 1. The zero-order chi connectivity index (χ0) is 11.4. The quantitative estimate of drug-likeness (QED) is 0.391. The molecule has 0 atom stereocenters. The Morgan fingerprint density at radius 2 is 2.13 bits per heavy atom. The first-order valence-electron chi connectivity index (χ1n) is 4.70. The Balaban J connectivity index is 3.03. The normalized spacial score (nSPS) is 10.0. The largest absolute Gasteiger partial charge is 0.478 e. The summed E-state index contributed by atoms with van der Waals surface area (Å²) in [6.45, 7) is 2.65. The molecule has 5 nitrogen and oxygen atoms in total. The van der Waals surface area contributed by atoms with Gasteiger partial charge in [0.05, 0.1) is 11.3 Å². The van der Waals surface area contributed by atoms with Gasteiger partial charge in [0.1, 0.15) is 0 Å². The molecule has 82 valence electrons. The van der Waals surface area contributed by atoms with E-state index in [2.05, 4.69) is 0 Å². The standard InChI is InChI=1S/C10H15N3O2/c1-2-3-13(12)9-5-7(10(14)15)4-8(11)6-9/h4-6H,2-3,11-12H2,1H3,(H,14,15). The first-order chi connectivity index (χ1) is 7.04. The Labute approximate surface area is 88.3 Å². The second-order valence-electron chi connectivity index (χ2n) is 3.31. The molecule has 0 bridgehead atoms. The molecule has 0 aliphatic carbocycles. The number of nitrogen functional groups attached to an aromatic ring is 1. The van der Waals surface area contributed by atoms with Gasteiger partial charge in [-0.1, -0.05) is 6.92 Å². The van der Waals surface area contributed by atoms with Crippen molar-refractivity contribution in [3.63, 3.8) is 0 Å². The number of anilines is 2. The summed E-state index contributed by atoms with van der Waals surface area (Å²) < 4.78 is 0. The molecular weight excluding hydrogens is 194 g/mol. The van der Waals surface area contributed by atoms with Gasteiger partial charge in [0.2, 0.25) is 0 Å². The van der Waals surface area contributed by atoms with Gasteiger partial charge >= 0.3 is 5.97 Å². The summed E-state index contributed by atoms with van der Waals surface area (Å²) in [6, 6.07) is 4.57. The molecule has 0 aliphatic heterocycles. The van der Waals surface area contributed by atoms with Crippen LogP contribution in [0, 0.1) is 0 Å². The summed E-state index contributed by atoms with van der Waals surface area (Å²) in [4.78, 5) is 10.8. The van der Waals surface area contributed by atoms with Crippen molar-refractivity contribution in [3.8, 4) is 0 Å². The molecule has 1 rings (SSSR count). The number of nitrogens with two attached hydrogens (primary N) is 2. The summed E-state index contributed by atoms with van der Waals surface area (Å²) in [7, 11) is 0. The van der Waals surface area contributed by atoms with Crippen LogP contribution >= 0.6 is 0 Å². The topological polar surface area (TPSA) is 92.6 Å². The summed E-state index contributed by atoms with van der Waals surface area (Å²) >= 11 is 0. The van der Waals surface area contributed by atoms with Crippen LogP contribution in [-0.4, -0.2) is 17.6 Å². The second-order valence-corrected chi connectivity index (χ2v) is 3.31. The van der Waals surface area contributed by atoms with E-state index < -0.39 is 5.97 Å². The van der Waals surface area contributed by atoms with E-state index in [1.807, 2.05) is 6.92 Å². The molecule has 1 aromatic carbocycles. The maximum Gasteiger partial charge on any atom is 0.335 e. The van der Waals surface area contributed by atoms with Gasteiger partial charge in [-0.3, -0.25) is 0 Å². The highest BCUT2D eigenvalue weighted by Gasteiger charge is 2.08. The molecule has 0 spiro atoms. The molecule has 1 aromatic rings. The van der Waals surface area contributed by atoms with Gasteiger partial charge in [-0.2, -0.15) is 0 Å². The molecule has 0 aromatic heterocycles. The average Bonchev–Trinajstić information content (AvgIpc) is 2.17. The zero-order valence-corrected chi connectivity index (χ0v) is 8.60. The number of carboxylic acids is 1. The average molecular weight is 209 g/mol. The van der Waals surface area contributed by atoms with Crippen molar-refractivity contribution in [1.29, 1.82) is 0 Å². The Morgan fingerprint density at radius 3 is 2.67 bits per heavy atom. The minimum absolute atomic E-state index is 0.150. The van der Waals surface area contributed by atoms with Crippen LogP contribution < -0.4 is 16.6 Å². The fraction of sp³-hybridized carbons (Fsp3) is 0.300. The number of carboxylic acid groups (broad SMARTS) is 1. The maximum absolute atomic E-state index is 10.8. The van der Waals surface area contributed by atoms with Crippen LogP contribution in [-0.2, 0) is 0 Å². The molecule has 0 saturated carbocycles. The number of hydrogen-bond donors (Lipinski definition) is 3. The van der Waals surface area contributed by atoms with E-state index >= 15 is 0 Å². The molecule has 0 heterocycles. The van der Waals surface area contributed by atoms with E-state index in [0.717, 1.165) is 6.42 Å². The Hall–Kier alpha value is -1.75. The minimum Gasteiger partial charge on any atom is -0.478 e. The second kappa shape index (κ2) is 4.65. The van der Waals surface area contributed by atoms with Crippen LogP contribution in [0.15, 0.2) is 18.2 Å². The molecule has 15 heavy (non-hydrogen) atoms. The van der Waals surface area contributed by atoms with Gasteiger partial charge in [0.25, 0.3) is 0 Å². The third-order valence-corrected chi connectivity index (χ3v) is 1.98. The molecule has 0 radical (unpaired) electrons. The molecule has 0 aliphatic rings. The van der Waals surface area contributed by atoms with Gasteiger partial charge in [0, 0.05) is 12.2 Å². The Kier molecular flexibility index (Phi) is 3.51. The fourth-order valence-electron chi connectivity index (χ4n) is 1.29. The minimum atomic E-state index is -1.01. The monoisotopic (exact) mass is 209 g/mol. The van der Waals surface area contributed by atoms with E-state index in [4.69, 9.17) is 16.7 Å². The lowest BCUT2D eigenvalue weighted by atomic mass is 10.1. The van der Waals surface area contributed by atoms with Gasteiger partial charge < -0.3 is 15.8 Å². The van der Waals surface area contributed by atoms with Crippen molar-refractivity contribution in [2.75, 3.05) is 17.3 Å². The van der Waals surface area contributed by atoms with Gasteiger partial charge in [-0.25, -0.2) is 10.6 Å². The van der Waals surface area contributed by atoms with Crippen LogP contribution in [0.3, 0.4) is 0 Å². The lowest BCUT2D eigenvalue weighted by molar-refractivity contribution is 0.0697.